The minimum absolute atomic E-state index is 0. The number of rotatable bonds is 68. The molecule has 3 unspecified atom stereocenters. The van der Waals surface area contributed by atoms with Crippen molar-refractivity contribution in [1.29, 1.82) is 0 Å². The number of thiophene rings is 6. The van der Waals surface area contributed by atoms with Crippen LogP contribution in [-0.4, -0.2) is 52.8 Å². The maximum atomic E-state index is 16.9. The van der Waals surface area contributed by atoms with E-state index in [4.69, 9.17) is 11.4 Å². The summed E-state index contributed by atoms with van der Waals surface area (Å²) < 4.78 is 16.9. The number of fused-ring (bicyclic) bond motifs is 1. The fraction of sp³-hybridized carbons (Fsp3) is 0.702. The second-order valence-electron chi connectivity index (χ2n) is 34.5. The van der Waals surface area contributed by atoms with Gasteiger partial charge >= 0.3 is 103 Å². The molecule has 121 heavy (non-hydrogen) atoms. The third kappa shape index (κ3) is 42.2. The summed E-state index contributed by atoms with van der Waals surface area (Å²) >= 11 is 14.1. The number of hydrogen-bond acceptors (Lipinski definition) is 11. The van der Waals surface area contributed by atoms with Crippen molar-refractivity contribution >= 4 is 120 Å². The van der Waals surface area contributed by atoms with Crippen LogP contribution < -0.4 is 108 Å². The Labute approximate surface area is 865 Å². The molecule has 0 fully saturated rings. The van der Waals surface area contributed by atoms with E-state index < -0.39 is 7.15 Å². The zero-order valence-electron chi connectivity index (χ0n) is 80.7. The number of halogens is 2. The molecule has 2 aliphatic heterocycles. The second kappa shape index (κ2) is 73.5. The molecule has 0 saturated carbocycles. The van der Waals surface area contributed by atoms with Crippen LogP contribution in [0.3, 0.4) is 0 Å². The van der Waals surface area contributed by atoms with E-state index in [1.54, 1.807) is 0 Å². The van der Waals surface area contributed by atoms with Gasteiger partial charge in [-0.3, -0.25) is 18.8 Å². The van der Waals surface area contributed by atoms with Crippen molar-refractivity contribution in [3.63, 3.8) is 0 Å². The zero-order valence-corrected chi connectivity index (χ0v) is 92.0. The molecule has 0 radical (unpaired) electrons. The Kier molecular flexibility index (Phi) is 68.9. The zero-order chi connectivity index (χ0) is 86.6. The topological polar surface area (TPSA) is 90.0 Å². The molecule has 8 rings (SSSR count). The minimum atomic E-state index is -1.00. The van der Waals surface area contributed by atoms with E-state index >= 15 is 9.59 Å². The van der Waals surface area contributed by atoms with Crippen LogP contribution in [0.25, 0.3) is 50.4 Å². The first-order valence-corrected chi connectivity index (χ1v) is 55.3. The summed E-state index contributed by atoms with van der Waals surface area (Å²) in [6.07, 6.45) is 70.8. The molecular formula is C104H166FIK2N2O5S6. The smallest absolute Gasteiger partial charge is 1.00 e. The van der Waals surface area contributed by atoms with Crippen LogP contribution in [0.5, 0.6) is 0 Å². The number of unbranched alkanes of at least 4 members (excludes halogenated alkanes) is 36. The number of amides is 2. The van der Waals surface area contributed by atoms with Crippen molar-refractivity contribution in [2.75, 3.05) is 24.7 Å². The van der Waals surface area contributed by atoms with Crippen molar-refractivity contribution in [3.8, 4) is 39.0 Å². The first-order chi connectivity index (χ1) is 58.9. The van der Waals surface area contributed by atoms with Gasteiger partial charge in [0, 0.05) is 56.5 Å². The Bertz CT molecular complexity index is 3480. The van der Waals surface area contributed by atoms with Gasteiger partial charge in [-0.05, 0) is 189 Å². The van der Waals surface area contributed by atoms with Gasteiger partial charge in [-0.25, -0.2) is 0 Å². The number of carbonyl (C=O) groups excluding carboxylic acids is 3. The summed E-state index contributed by atoms with van der Waals surface area (Å²) in [5.41, 5.74) is 9.01. The molecular weight excluding hydrogens is 1770 g/mol. The van der Waals surface area contributed by atoms with E-state index in [0.717, 1.165) is 91.3 Å². The van der Waals surface area contributed by atoms with Crippen LogP contribution >= 0.6 is 90.6 Å². The summed E-state index contributed by atoms with van der Waals surface area (Å²) in [6.45, 7) is 24.3. The maximum absolute atomic E-state index is 16.9. The van der Waals surface area contributed by atoms with Crippen LogP contribution in [0.2, 0.25) is 0 Å². The molecule has 6 aromatic heterocycles. The van der Waals surface area contributed by atoms with E-state index in [1.807, 2.05) is 68.0 Å². The van der Waals surface area contributed by atoms with E-state index in [0.29, 0.717) is 36.1 Å². The molecule has 0 N–H and O–H groups in total. The van der Waals surface area contributed by atoms with Crippen molar-refractivity contribution in [2.24, 2.45) is 17.8 Å². The molecule has 17 heteroatoms. The van der Waals surface area contributed by atoms with Crippen LogP contribution in [0.1, 0.15) is 438 Å². The molecule has 0 aromatic carbocycles. The molecule has 0 saturated heterocycles. The first-order valence-electron chi connectivity index (χ1n) is 49.5. The standard InChI is InChI=1S/C86H128N2O2S6.C16H33I.CH3F.CH2O3.2K.H/c1-9-17-25-33-35-39-47-65(45-37-27-19-11-3)63-87-79(75-61-69(51-43-31-23-15-7)83(95-75)73-55-53-71(93-73)81-67(57-59-91-81)49-41-29-21-13-5)77-78(85(87)89)80(88(86(77)90)64-66(46-38-28-20-12-4)48-40-36-34-26-18-10-2)76-62-70(52-44-32-24-16-8)84(96-76)74-56-54-72(94-74)82-68(58-60-92-82)50-42-30-22-14-6;1-3-5-7-9-10-12-14-16(15-17)13-11-8-6-4-2;1-2;2-1-4-3;;;/h53-62,65-66H,9-52,63-64H2,1-8H3;16H,3-15H2,1-2H3;1H3;1,3H;;;/q;;;;2*+1;-1/p-1/i;;1D;;;;. The molecule has 6 aromatic rings. The molecule has 3 atom stereocenters. The van der Waals surface area contributed by atoms with Gasteiger partial charge in [-0.1, -0.05) is 362 Å². The van der Waals surface area contributed by atoms with E-state index in [2.05, 4.69) is 166 Å². The molecule has 2 aliphatic rings. The van der Waals surface area contributed by atoms with Crippen molar-refractivity contribution < 1.29 is 134 Å². The SMILES string of the molecule is CCCCCCCCC(CCCCCC)CN1C(=O)C2=C(c3cc(CCCCCC)c(-c4ccc(-c5sccc5CCCCCC)s4)s3)N(CC(CCCCCC)CCCCCCCC)C(=O)C2=C1c1cc(CCCCCC)c(-c2ccc(-c3sccc3CCCCCC)s2)s1.CCCCCCCCC(CI)CCCCCC.O=CO[O-].[2H]CF.[H-].[K+].[K+]. The van der Waals surface area contributed by atoms with Crippen molar-refractivity contribution in [2.45, 2.75) is 429 Å². The third-order valence-electron chi connectivity index (χ3n) is 24.5. The number of nitrogens with zero attached hydrogens (tertiary/aromatic N) is 2. The number of hydrogen-bond donors (Lipinski definition) is 0. The van der Waals surface area contributed by atoms with Gasteiger partial charge in [-0.2, -0.15) is 0 Å². The first kappa shape index (κ1) is 113. The minimum Gasteiger partial charge on any atom is -1.00 e. The van der Waals surface area contributed by atoms with E-state index in [-0.39, 0.29) is 122 Å². The Morgan fingerprint density at radius 3 is 0.884 bits per heavy atom. The quantitative estimate of drug-likeness (QED) is 0.00722. The van der Waals surface area contributed by atoms with E-state index in [9.17, 15) is 4.39 Å². The summed E-state index contributed by atoms with van der Waals surface area (Å²) in [5, 5.41) is 13.0. The molecule has 674 valence electrons. The van der Waals surface area contributed by atoms with Gasteiger partial charge in [0.1, 0.15) is 0 Å². The van der Waals surface area contributed by atoms with Crippen LogP contribution in [0.4, 0.5) is 4.39 Å². The summed E-state index contributed by atoms with van der Waals surface area (Å²) in [7, 11) is -1.00. The van der Waals surface area contributed by atoms with Gasteiger partial charge < -0.3 is 21.4 Å². The number of carbonyl (C=O) groups is 3. The Hall–Kier alpha value is -0.0173. The molecule has 2 amide bonds. The largest absolute Gasteiger partial charge is 1.00 e. The number of aryl methyl sites for hydroxylation is 4. The fourth-order valence-corrected chi connectivity index (χ4v) is 25.4. The van der Waals surface area contributed by atoms with Gasteiger partial charge in [0.15, 0.2) is 0 Å². The molecule has 8 heterocycles. The number of alkyl halides is 2. The van der Waals surface area contributed by atoms with Gasteiger partial charge in [-0.15, -0.1) is 68.0 Å². The van der Waals surface area contributed by atoms with Gasteiger partial charge in [0.05, 0.1) is 40.8 Å². The van der Waals surface area contributed by atoms with Gasteiger partial charge in [0.25, 0.3) is 18.3 Å². The molecule has 0 spiro atoms. The van der Waals surface area contributed by atoms with Crippen LogP contribution in [0, 0.1) is 17.8 Å². The monoisotopic (exact) mass is 1940 g/mol. The second-order valence-corrected chi connectivity index (χ2v) is 41.5. The third-order valence-corrected chi connectivity index (χ3v) is 32.9. The predicted molar refractivity (Wildman–Crippen MR) is 535 cm³/mol. The van der Waals surface area contributed by atoms with E-state index in [1.165, 1.54) is 361 Å². The average Bonchev–Trinajstić information content (AvgIpc) is 1.55. The molecule has 7 nitrogen and oxygen atoms in total. The normalized spacial score (nSPS) is 13.3. The fourth-order valence-electron chi connectivity index (χ4n) is 17.5. The summed E-state index contributed by atoms with van der Waals surface area (Å²) in [6, 6.07) is 19.3. The molecule has 0 aliphatic carbocycles. The average molecular weight is 1940 g/mol. The van der Waals surface area contributed by atoms with Crippen LogP contribution in [-0.2, 0) is 45.0 Å². The summed E-state index contributed by atoms with van der Waals surface area (Å²) in [4.78, 5) is 62.6. The van der Waals surface area contributed by atoms with Crippen molar-refractivity contribution in [3.05, 3.63) is 102 Å². The Morgan fingerprint density at radius 2 is 0.612 bits per heavy atom. The maximum Gasteiger partial charge on any atom is 1.00 e. The summed E-state index contributed by atoms with van der Waals surface area (Å²) in [5.74, 6) is 1.88. The molecule has 0 bridgehead atoms. The predicted octanol–water partition coefficient (Wildman–Crippen LogP) is 29.6. The van der Waals surface area contributed by atoms with Crippen molar-refractivity contribution in [1.82, 2.24) is 9.80 Å². The Morgan fingerprint density at radius 1 is 0.372 bits per heavy atom. The van der Waals surface area contributed by atoms with Crippen LogP contribution in [0.15, 0.2) is 70.4 Å². The Balaban J connectivity index is 0.00000166. The van der Waals surface area contributed by atoms with Gasteiger partial charge in [0.2, 0.25) is 0 Å².